The van der Waals surface area contributed by atoms with E-state index in [0.717, 1.165) is 17.1 Å². The Labute approximate surface area is 132 Å². The van der Waals surface area contributed by atoms with E-state index < -0.39 is 10.0 Å². The summed E-state index contributed by atoms with van der Waals surface area (Å²) in [7, 11) is -1.79. The molecule has 1 aromatic heterocycles. The van der Waals surface area contributed by atoms with Crippen molar-refractivity contribution in [3.63, 3.8) is 0 Å². The van der Waals surface area contributed by atoms with Gasteiger partial charge in [0.25, 0.3) is 0 Å². The summed E-state index contributed by atoms with van der Waals surface area (Å²) >= 11 is 7.13. The molecule has 0 amide bonds. The van der Waals surface area contributed by atoms with Gasteiger partial charge in [0.1, 0.15) is 10.0 Å². The predicted octanol–water partition coefficient (Wildman–Crippen LogP) is 2.03. The number of nitrogens with zero attached hydrogens (tertiary/aromatic N) is 3. The second-order valence-corrected chi connectivity index (χ2v) is 7.62. The zero-order valence-corrected chi connectivity index (χ0v) is 13.9. The van der Waals surface area contributed by atoms with Gasteiger partial charge in [-0.25, -0.2) is 13.6 Å². The first-order valence-electron chi connectivity index (χ1n) is 6.09. The third kappa shape index (κ3) is 3.98. The van der Waals surface area contributed by atoms with Gasteiger partial charge in [-0.15, -0.1) is 5.10 Å². The lowest BCUT2D eigenvalue weighted by molar-refractivity contribution is 0.250. The molecule has 6 nitrogen and oxygen atoms in total. The highest BCUT2D eigenvalue weighted by atomic mass is 35.5. The van der Waals surface area contributed by atoms with E-state index in [1.807, 2.05) is 24.9 Å². The standard InChI is InChI=1S/C12H15ClN4O2S2/c1-8(17(2)7-11-12(13)20-16-15-11)9-4-3-5-10(6-9)21(14,18)19/h3-6,8H,7H2,1-2H3,(H2,14,18,19). The molecule has 2 aromatic rings. The van der Waals surface area contributed by atoms with E-state index in [0.29, 0.717) is 16.6 Å². The molecule has 1 aromatic carbocycles. The third-order valence-corrected chi connectivity index (χ3v) is 5.13. The van der Waals surface area contributed by atoms with Crippen LogP contribution >= 0.6 is 23.1 Å². The fourth-order valence-corrected chi connectivity index (χ4v) is 3.05. The molecule has 0 aliphatic carbocycles. The third-order valence-electron chi connectivity index (χ3n) is 3.24. The molecule has 0 aliphatic rings. The van der Waals surface area contributed by atoms with Gasteiger partial charge in [0.15, 0.2) is 0 Å². The van der Waals surface area contributed by atoms with E-state index in [4.69, 9.17) is 16.7 Å². The summed E-state index contributed by atoms with van der Waals surface area (Å²) in [5.41, 5.74) is 1.56. The van der Waals surface area contributed by atoms with Crippen molar-refractivity contribution in [1.82, 2.24) is 14.5 Å². The van der Waals surface area contributed by atoms with E-state index in [9.17, 15) is 8.42 Å². The Morgan fingerprint density at radius 1 is 1.48 bits per heavy atom. The van der Waals surface area contributed by atoms with Crippen molar-refractivity contribution in [2.24, 2.45) is 5.14 Å². The van der Waals surface area contributed by atoms with E-state index in [2.05, 4.69) is 9.59 Å². The quantitative estimate of drug-likeness (QED) is 0.894. The summed E-state index contributed by atoms with van der Waals surface area (Å²) in [5, 5.41) is 9.12. The van der Waals surface area contributed by atoms with Gasteiger partial charge in [-0.05, 0) is 31.7 Å². The maximum Gasteiger partial charge on any atom is 0.238 e. The number of aromatic nitrogens is 2. The number of halogens is 1. The molecule has 0 bridgehead atoms. The van der Waals surface area contributed by atoms with Gasteiger partial charge < -0.3 is 0 Å². The van der Waals surface area contributed by atoms with Gasteiger partial charge >= 0.3 is 0 Å². The predicted molar refractivity (Wildman–Crippen MR) is 82.6 cm³/mol. The van der Waals surface area contributed by atoms with E-state index >= 15 is 0 Å². The van der Waals surface area contributed by atoms with E-state index in [-0.39, 0.29) is 10.9 Å². The highest BCUT2D eigenvalue weighted by molar-refractivity contribution is 7.89. The first-order valence-corrected chi connectivity index (χ1v) is 8.78. The van der Waals surface area contributed by atoms with E-state index in [1.165, 1.54) is 6.07 Å². The Morgan fingerprint density at radius 3 is 2.76 bits per heavy atom. The molecule has 1 atom stereocenters. The van der Waals surface area contributed by atoms with Crippen LogP contribution in [0, 0.1) is 0 Å². The molecular formula is C12H15ClN4O2S2. The van der Waals surface area contributed by atoms with Crippen LogP contribution in [0.5, 0.6) is 0 Å². The van der Waals surface area contributed by atoms with Crippen LogP contribution < -0.4 is 5.14 Å². The number of rotatable bonds is 5. The molecule has 9 heteroatoms. The number of primary sulfonamides is 1. The smallest absolute Gasteiger partial charge is 0.238 e. The minimum absolute atomic E-state index is 0.0236. The van der Waals surface area contributed by atoms with Crippen LogP contribution in [-0.4, -0.2) is 30.0 Å². The Bertz CT molecular complexity index is 732. The monoisotopic (exact) mass is 346 g/mol. The highest BCUT2D eigenvalue weighted by Crippen LogP contribution is 2.25. The Kier molecular flexibility index (Phi) is 4.95. The van der Waals surface area contributed by atoms with Crippen molar-refractivity contribution < 1.29 is 8.42 Å². The van der Waals surface area contributed by atoms with Crippen LogP contribution in [0.4, 0.5) is 0 Å². The number of nitrogens with two attached hydrogens (primary N) is 1. The zero-order chi connectivity index (χ0) is 15.6. The summed E-state index contributed by atoms with van der Waals surface area (Å²) in [4.78, 5) is 2.11. The van der Waals surface area contributed by atoms with Gasteiger partial charge in [0.05, 0.1) is 4.90 Å². The Hall–Kier alpha value is -1.06. The topological polar surface area (TPSA) is 89.2 Å². The lowest BCUT2D eigenvalue weighted by Crippen LogP contribution is -2.22. The van der Waals surface area contributed by atoms with Crippen molar-refractivity contribution in [2.75, 3.05) is 7.05 Å². The van der Waals surface area contributed by atoms with Crippen molar-refractivity contribution in [3.8, 4) is 0 Å². The van der Waals surface area contributed by atoms with Crippen LogP contribution in [0.15, 0.2) is 29.2 Å². The molecule has 0 saturated heterocycles. The van der Waals surface area contributed by atoms with Crippen LogP contribution in [0.25, 0.3) is 0 Å². The SMILES string of the molecule is CC(c1cccc(S(N)(=O)=O)c1)N(C)Cc1nnsc1Cl. The largest absolute Gasteiger partial charge is 0.294 e. The molecule has 114 valence electrons. The maximum absolute atomic E-state index is 11.4. The summed E-state index contributed by atoms with van der Waals surface area (Å²) in [6, 6.07) is 6.57. The fraction of sp³-hybridized carbons (Fsp3) is 0.333. The van der Waals surface area contributed by atoms with Crippen LogP contribution in [0.3, 0.4) is 0 Å². The summed E-state index contributed by atoms with van der Waals surface area (Å²) in [6.45, 7) is 2.49. The van der Waals surface area contributed by atoms with Gasteiger partial charge in [0.2, 0.25) is 10.0 Å². The van der Waals surface area contributed by atoms with Crippen molar-refractivity contribution in [3.05, 3.63) is 39.9 Å². The van der Waals surface area contributed by atoms with Crippen LogP contribution in [0.1, 0.15) is 24.2 Å². The summed E-state index contributed by atoms with van der Waals surface area (Å²) in [6.07, 6.45) is 0. The summed E-state index contributed by atoms with van der Waals surface area (Å²) < 4.78 is 27.2. The molecule has 21 heavy (non-hydrogen) atoms. The summed E-state index contributed by atoms with van der Waals surface area (Å²) in [5.74, 6) is 0. The fourth-order valence-electron chi connectivity index (χ4n) is 1.87. The van der Waals surface area contributed by atoms with Crippen molar-refractivity contribution in [2.45, 2.75) is 24.4 Å². The van der Waals surface area contributed by atoms with Gasteiger partial charge in [-0.1, -0.05) is 28.2 Å². The second kappa shape index (κ2) is 6.37. The van der Waals surface area contributed by atoms with Gasteiger partial charge in [-0.2, -0.15) is 0 Å². The average Bonchev–Trinajstić information content (AvgIpc) is 2.82. The molecule has 0 aliphatic heterocycles. The lowest BCUT2D eigenvalue weighted by atomic mass is 10.1. The number of benzene rings is 1. The molecule has 1 heterocycles. The number of hydrogen-bond acceptors (Lipinski definition) is 6. The minimum Gasteiger partial charge on any atom is -0.294 e. The Balaban J connectivity index is 2.20. The van der Waals surface area contributed by atoms with Gasteiger partial charge in [0, 0.05) is 24.1 Å². The Morgan fingerprint density at radius 2 is 2.19 bits per heavy atom. The van der Waals surface area contributed by atoms with Crippen molar-refractivity contribution >= 4 is 33.2 Å². The van der Waals surface area contributed by atoms with Crippen LogP contribution in [-0.2, 0) is 16.6 Å². The number of sulfonamides is 1. The molecule has 0 fully saturated rings. The molecule has 2 rings (SSSR count). The zero-order valence-electron chi connectivity index (χ0n) is 11.5. The molecule has 1 unspecified atom stereocenters. The molecular weight excluding hydrogens is 332 g/mol. The highest BCUT2D eigenvalue weighted by Gasteiger charge is 2.17. The maximum atomic E-state index is 11.4. The molecule has 0 saturated carbocycles. The van der Waals surface area contributed by atoms with E-state index in [1.54, 1.807) is 12.1 Å². The second-order valence-electron chi connectivity index (χ2n) is 4.70. The number of hydrogen-bond donors (Lipinski definition) is 1. The van der Waals surface area contributed by atoms with Crippen molar-refractivity contribution in [1.29, 1.82) is 0 Å². The first kappa shape index (κ1) is 16.3. The van der Waals surface area contributed by atoms with Crippen LogP contribution in [0.2, 0.25) is 4.34 Å². The molecule has 0 radical (unpaired) electrons. The minimum atomic E-state index is -3.70. The lowest BCUT2D eigenvalue weighted by Gasteiger charge is -2.24. The average molecular weight is 347 g/mol. The molecule has 2 N–H and O–H groups in total. The first-order chi connectivity index (χ1) is 9.79. The molecule has 0 spiro atoms. The van der Waals surface area contributed by atoms with Gasteiger partial charge in [-0.3, -0.25) is 4.90 Å². The normalized spacial score (nSPS) is 13.6.